The molecule has 0 aliphatic carbocycles. The second-order valence-electron chi connectivity index (χ2n) is 4.70. The first-order valence-corrected chi connectivity index (χ1v) is 8.49. The third-order valence-corrected chi connectivity index (χ3v) is 5.51. The van der Waals surface area contributed by atoms with Crippen LogP contribution in [0, 0.1) is 6.92 Å². The standard InChI is InChI=1S/C14H10N3O3S2.2K.H/c1-8-2-7-11-12(13(8)22(18,19)20)21-14(16-11)9-3-5-10(17-15)6-4-9;;;/h2-7H,1H3,(H,18,19,20);;;/q-1;2*+1;-1. The molecule has 2 aromatic carbocycles. The molecule has 0 amide bonds. The Kier molecular flexibility index (Phi) is 9.02. The van der Waals surface area contributed by atoms with E-state index in [1.807, 2.05) is 0 Å². The van der Waals surface area contributed by atoms with Crippen molar-refractivity contribution in [2.75, 3.05) is 0 Å². The average molecular weight is 412 g/mol. The summed E-state index contributed by atoms with van der Waals surface area (Å²) < 4.78 is 33.0. The van der Waals surface area contributed by atoms with Gasteiger partial charge in [0.05, 0.1) is 10.2 Å². The minimum atomic E-state index is -4.32. The monoisotopic (exact) mass is 411 g/mol. The number of benzene rings is 2. The fourth-order valence-electron chi connectivity index (χ4n) is 2.18. The Balaban J connectivity index is 0.00000192. The van der Waals surface area contributed by atoms with Gasteiger partial charge in [-0.15, -0.1) is 11.3 Å². The van der Waals surface area contributed by atoms with Gasteiger partial charge in [-0.3, -0.25) is 4.55 Å². The van der Waals surface area contributed by atoms with E-state index >= 15 is 0 Å². The first kappa shape index (κ1) is 23.2. The second-order valence-corrected chi connectivity index (χ2v) is 7.06. The molecule has 0 saturated carbocycles. The Morgan fingerprint density at radius 3 is 2.33 bits per heavy atom. The fraction of sp³-hybridized carbons (Fsp3) is 0.0714. The van der Waals surface area contributed by atoms with E-state index in [2.05, 4.69) is 10.1 Å². The van der Waals surface area contributed by atoms with E-state index in [0.717, 1.165) is 5.56 Å². The molecule has 10 heteroatoms. The van der Waals surface area contributed by atoms with Crippen LogP contribution in [0.25, 0.3) is 26.3 Å². The third kappa shape index (κ3) is 4.88. The van der Waals surface area contributed by atoms with Crippen LogP contribution in [0.3, 0.4) is 0 Å². The van der Waals surface area contributed by atoms with Crippen LogP contribution in [0.5, 0.6) is 0 Å². The molecule has 6 nitrogen and oxygen atoms in total. The van der Waals surface area contributed by atoms with Gasteiger partial charge in [-0.05, 0) is 42.8 Å². The zero-order valence-corrected chi connectivity index (χ0v) is 21.3. The van der Waals surface area contributed by atoms with Crippen molar-refractivity contribution >= 4 is 37.4 Å². The largest absolute Gasteiger partial charge is 1.00 e. The average Bonchev–Trinajstić information content (AvgIpc) is 2.89. The van der Waals surface area contributed by atoms with Crippen LogP contribution in [-0.2, 0) is 10.1 Å². The van der Waals surface area contributed by atoms with Gasteiger partial charge in [-0.1, -0.05) is 6.07 Å². The summed E-state index contributed by atoms with van der Waals surface area (Å²) in [4.78, 5) is 4.30. The van der Waals surface area contributed by atoms with Gasteiger partial charge in [0.25, 0.3) is 10.1 Å². The third-order valence-electron chi connectivity index (χ3n) is 3.20. The Morgan fingerprint density at radius 1 is 1.17 bits per heavy atom. The molecule has 0 unspecified atom stereocenters. The Bertz CT molecular complexity index is 992. The first-order valence-electron chi connectivity index (χ1n) is 6.23. The zero-order chi connectivity index (χ0) is 15.9. The molecule has 1 N–H and O–H groups in total. The van der Waals surface area contributed by atoms with Crippen molar-refractivity contribution in [3.05, 3.63) is 47.5 Å². The summed E-state index contributed by atoms with van der Waals surface area (Å²) in [5, 5.41) is 3.70. The summed E-state index contributed by atoms with van der Waals surface area (Å²) in [5.41, 5.74) is 10.9. The summed E-state index contributed by atoms with van der Waals surface area (Å²) >= 11 is 1.19. The molecule has 1 heterocycles. The number of hydrogen-bond donors (Lipinski definition) is 1. The van der Waals surface area contributed by atoms with Crippen molar-refractivity contribution in [2.45, 2.75) is 11.8 Å². The van der Waals surface area contributed by atoms with Gasteiger partial charge in [0.15, 0.2) is 0 Å². The summed E-state index contributed by atoms with van der Waals surface area (Å²) in [6.45, 7) is 1.62. The summed E-state index contributed by atoms with van der Waals surface area (Å²) in [7, 11) is -4.32. The topological polar surface area (TPSA) is 102 Å². The molecule has 0 atom stereocenters. The SMILES string of the molecule is Cc1ccc2nc(-c3ccc(N=[N-])cc3)sc2c1S(=O)(=O)O.[H-].[K+].[K+]. The Hall–Kier alpha value is 1.11. The van der Waals surface area contributed by atoms with Crippen molar-refractivity contribution < 1.29 is 117 Å². The van der Waals surface area contributed by atoms with Crippen LogP contribution >= 0.6 is 11.3 Å². The quantitative estimate of drug-likeness (QED) is 0.315. The Labute approximate surface area is 230 Å². The first-order chi connectivity index (χ1) is 10.4. The maximum absolute atomic E-state index is 11.6. The van der Waals surface area contributed by atoms with E-state index in [-0.39, 0.29) is 109 Å². The normalized spacial score (nSPS) is 10.8. The van der Waals surface area contributed by atoms with Crippen molar-refractivity contribution in [1.82, 2.24) is 4.98 Å². The van der Waals surface area contributed by atoms with E-state index in [4.69, 9.17) is 5.53 Å². The molecule has 0 aliphatic rings. The molecule has 0 fully saturated rings. The second kappa shape index (κ2) is 9.35. The molecule has 0 spiro atoms. The van der Waals surface area contributed by atoms with Crippen LogP contribution in [0.4, 0.5) is 5.69 Å². The maximum atomic E-state index is 11.6. The Morgan fingerprint density at radius 2 is 1.79 bits per heavy atom. The van der Waals surface area contributed by atoms with Gasteiger partial charge < -0.3 is 12.1 Å². The van der Waals surface area contributed by atoms with Gasteiger partial charge >= 0.3 is 103 Å². The van der Waals surface area contributed by atoms with Crippen LogP contribution in [-0.4, -0.2) is 18.0 Å². The molecule has 114 valence electrons. The predicted molar refractivity (Wildman–Crippen MR) is 86.2 cm³/mol. The van der Waals surface area contributed by atoms with Crippen molar-refractivity contribution in [3.8, 4) is 10.6 Å². The molecule has 1 aromatic heterocycles. The predicted octanol–water partition coefficient (Wildman–Crippen LogP) is -1.71. The van der Waals surface area contributed by atoms with Gasteiger partial charge in [-0.2, -0.15) is 8.42 Å². The minimum Gasteiger partial charge on any atom is -1.00 e. The summed E-state index contributed by atoms with van der Waals surface area (Å²) in [5.74, 6) is 0. The molecule has 3 aromatic rings. The number of thiazole rings is 1. The van der Waals surface area contributed by atoms with Gasteiger partial charge in [0, 0.05) is 11.3 Å². The molecule has 0 bridgehead atoms. The number of hydrogen-bond acceptors (Lipinski definition) is 5. The maximum Gasteiger partial charge on any atom is 1.00 e. The molecule has 3 rings (SSSR count). The van der Waals surface area contributed by atoms with E-state index in [1.165, 1.54) is 11.3 Å². The molecular weight excluding hydrogens is 401 g/mol. The van der Waals surface area contributed by atoms with E-state index < -0.39 is 10.1 Å². The number of aromatic nitrogens is 1. The molecule has 0 radical (unpaired) electrons. The minimum absolute atomic E-state index is 0. The van der Waals surface area contributed by atoms with Crippen molar-refractivity contribution in [1.29, 1.82) is 0 Å². The van der Waals surface area contributed by atoms with Crippen LogP contribution in [0.2, 0.25) is 0 Å². The van der Waals surface area contributed by atoms with E-state index in [9.17, 15) is 13.0 Å². The molecule has 24 heavy (non-hydrogen) atoms. The van der Waals surface area contributed by atoms with Crippen LogP contribution in [0.15, 0.2) is 46.4 Å². The van der Waals surface area contributed by atoms with Gasteiger partial charge in [0.1, 0.15) is 9.90 Å². The smallest absolute Gasteiger partial charge is 1.00 e. The zero-order valence-electron chi connectivity index (χ0n) is 14.4. The van der Waals surface area contributed by atoms with Gasteiger partial charge in [-0.25, -0.2) is 4.98 Å². The number of nitrogens with zero attached hydrogens (tertiary/aromatic N) is 3. The number of fused-ring (bicyclic) bond motifs is 1. The van der Waals surface area contributed by atoms with Gasteiger partial charge in [0.2, 0.25) is 0 Å². The van der Waals surface area contributed by atoms with Crippen LogP contribution in [0.1, 0.15) is 6.99 Å². The van der Waals surface area contributed by atoms with Crippen molar-refractivity contribution in [3.63, 3.8) is 0 Å². The number of rotatable bonds is 3. The fourth-order valence-corrected chi connectivity index (χ4v) is 4.50. The number of aryl methyl sites for hydroxylation is 1. The van der Waals surface area contributed by atoms with Crippen LogP contribution < -0.4 is 103 Å². The van der Waals surface area contributed by atoms with Crippen molar-refractivity contribution in [2.24, 2.45) is 5.11 Å². The molecule has 0 aliphatic heterocycles. The van der Waals surface area contributed by atoms with E-state index in [1.54, 1.807) is 43.3 Å². The summed E-state index contributed by atoms with van der Waals surface area (Å²) in [6.07, 6.45) is 0. The molecule has 0 saturated heterocycles. The summed E-state index contributed by atoms with van der Waals surface area (Å²) in [6, 6.07) is 10.0. The van der Waals surface area contributed by atoms with E-state index in [0.29, 0.717) is 26.5 Å². The molecular formula is C14H11K2N3O3S2.